The van der Waals surface area contributed by atoms with Crippen molar-refractivity contribution in [2.75, 3.05) is 27.4 Å². The summed E-state index contributed by atoms with van der Waals surface area (Å²) < 4.78 is 23.9. The predicted molar refractivity (Wildman–Crippen MR) is 138 cm³/mol. The van der Waals surface area contributed by atoms with Gasteiger partial charge in [-0.15, -0.1) is 0 Å². The highest BCUT2D eigenvalue weighted by Gasteiger charge is 2.34. The number of aromatic nitrogens is 1. The van der Waals surface area contributed by atoms with E-state index in [2.05, 4.69) is 4.99 Å². The minimum atomic E-state index is -0.738. The Bertz CT molecular complexity index is 1500. The number of allylic oxidation sites excluding steroid dienone is 1. The number of esters is 1. The molecule has 188 valence electrons. The number of methoxy groups -OCH3 is 2. The zero-order valence-electron chi connectivity index (χ0n) is 20.9. The molecule has 1 atom stereocenters. The van der Waals surface area contributed by atoms with Crippen LogP contribution >= 0.6 is 11.3 Å². The first-order valence-corrected chi connectivity index (χ1v) is 12.4. The maximum atomic E-state index is 13.7. The third-order valence-corrected chi connectivity index (χ3v) is 6.69. The van der Waals surface area contributed by atoms with Gasteiger partial charge in [-0.05, 0) is 62.2 Å². The second-order valence-electron chi connectivity index (χ2n) is 7.92. The Labute approximate surface area is 212 Å². The number of carbonyl (C=O) groups excluding carboxylic acids is 1. The van der Waals surface area contributed by atoms with E-state index in [1.807, 2.05) is 37.3 Å². The topological polar surface area (TPSA) is 88.4 Å². The quantitative estimate of drug-likeness (QED) is 0.434. The molecule has 8 nitrogen and oxygen atoms in total. The molecule has 0 aliphatic carbocycles. The van der Waals surface area contributed by atoms with E-state index in [1.165, 1.54) is 11.3 Å². The molecule has 9 heteroatoms. The molecule has 0 bridgehead atoms. The molecule has 4 rings (SSSR count). The standard InChI is InChI=1S/C27H28N2O6S/c1-6-34-21-15-18(11-12-20(21)33-5)24-23(26(31)35-7-2)16(3)28-27-29(24)25(30)22(36-27)14-17-9-8-10-19(13-17)32-4/h8-15,24H,6-7H2,1-5H3/b22-14-/t24-/m1/s1. The molecule has 0 N–H and O–H groups in total. The molecule has 0 spiro atoms. The number of benzene rings is 2. The summed E-state index contributed by atoms with van der Waals surface area (Å²) >= 11 is 1.27. The fourth-order valence-corrected chi connectivity index (χ4v) is 5.17. The Morgan fingerprint density at radius 3 is 2.58 bits per heavy atom. The summed E-state index contributed by atoms with van der Waals surface area (Å²) in [6.45, 7) is 6.01. The highest BCUT2D eigenvalue weighted by molar-refractivity contribution is 7.07. The zero-order chi connectivity index (χ0) is 25.8. The van der Waals surface area contributed by atoms with Crippen LogP contribution in [0.2, 0.25) is 0 Å². The normalized spacial score (nSPS) is 15.2. The van der Waals surface area contributed by atoms with Crippen molar-refractivity contribution in [3.8, 4) is 17.2 Å². The summed E-state index contributed by atoms with van der Waals surface area (Å²) in [5, 5.41) is 0. The number of hydrogen-bond acceptors (Lipinski definition) is 8. The van der Waals surface area contributed by atoms with Gasteiger partial charge in [-0.25, -0.2) is 9.79 Å². The molecule has 1 aliphatic rings. The second-order valence-corrected chi connectivity index (χ2v) is 8.93. The molecule has 1 aromatic heterocycles. The number of hydrogen-bond donors (Lipinski definition) is 0. The summed E-state index contributed by atoms with van der Waals surface area (Å²) in [5.41, 5.74) is 2.06. The van der Waals surface area contributed by atoms with E-state index >= 15 is 0 Å². The summed E-state index contributed by atoms with van der Waals surface area (Å²) in [7, 11) is 3.16. The van der Waals surface area contributed by atoms with Crippen LogP contribution in [-0.4, -0.2) is 38.0 Å². The van der Waals surface area contributed by atoms with Gasteiger partial charge in [0.05, 0.1) is 49.3 Å². The van der Waals surface area contributed by atoms with Crippen molar-refractivity contribution >= 4 is 23.4 Å². The number of ether oxygens (including phenoxy) is 4. The Morgan fingerprint density at radius 2 is 1.89 bits per heavy atom. The Morgan fingerprint density at radius 1 is 1.08 bits per heavy atom. The van der Waals surface area contributed by atoms with Crippen LogP contribution in [0.25, 0.3) is 6.08 Å². The summed E-state index contributed by atoms with van der Waals surface area (Å²) in [6, 6.07) is 12.1. The van der Waals surface area contributed by atoms with Gasteiger partial charge in [0, 0.05) is 0 Å². The van der Waals surface area contributed by atoms with E-state index < -0.39 is 12.0 Å². The first-order chi connectivity index (χ1) is 17.4. The Kier molecular flexibility index (Phi) is 7.59. The largest absolute Gasteiger partial charge is 0.497 e. The van der Waals surface area contributed by atoms with Gasteiger partial charge in [-0.1, -0.05) is 29.5 Å². The average molecular weight is 509 g/mol. The zero-order valence-corrected chi connectivity index (χ0v) is 21.7. The van der Waals surface area contributed by atoms with Gasteiger partial charge in [0.25, 0.3) is 5.56 Å². The summed E-state index contributed by atoms with van der Waals surface area (Å²) in [4.78, 5) is 31.9. The molecule has 2 aromatic carbocycles. The van der Waals surface area contributed by atoms with E-state index in [0.29, 0.717) is 50.0 Å². The minimum Gasteiger partial charge on any atom is -0.497 e. The highest BCUT2D eigenvalue weighted by atomic mass is 32.1. The SMILES string of the molecule is CCOC(=O)C1=C(C)N=c2s/c(=C\c3cccc(OC)c3)c(=O)n2[C@@H]1c1ccc(OC)c(OCC)c1. The first-order valence-electron chi connectivity index (χ1n) is 11.6. The van der Waals surface area contributed by atoms with Gasteiger partial charge < -0.3 is 18.9 Å². The third kappa shape index (κ3) is 4.79. The monoisotopic (exact) mass is 508 g/mol. The van der Waals surface area contributed by atoms with Crippen LogP contribution in [-0.2, 0) is 9.53 Å². The number of rotatable bonds is 8. The first kappa shape index (κ1) is 25.2. The second kappa shape index (κ2) is 10.8. The third-order valence-electron chi connectivity index (χ3n) is 5.71. The molecule has 0 radical (unpaired) electrons. The van der Waals surface area contributed by atoms with Crippen LogP contribution in [0.4, 0.5) is 0 Å². The maximum Gasteiger partial charge on any atom is 0.338 e. The molecule has 0 unspecified atom stereocenters. The van der Waals surface area contributed by atoms with Crippen LogP contribution in [0.3, 0.4) is 0 Å². The highest BCUT2D eigenvalue weighted by Crippen LogP contribution is 2.36. The van der Waals surface area contributed by atoms with Crippen LogP contribution in [0, 0.1) is 0 Å². The summed E-state index contributed by atoms with van der Waals surface area (Å²) in [6.07, 6.45) is 1.80. The van der Waals surface area contributed by atoms with Gasteiger partial charge in [0.15, 0.2) is 16.3 Å². The molecule has 0 fully saturated rings. The van der Waals surface area contributed by atoms with Crippen molar-refractivity contribution in [3.05, 3.63) is 84.5 Å². The predicted octanol–water partition coefficient (Wildman–Crippen LogP) is 3.21. The van der Waals surface area contributed by atoms with Gasteiger partial charge >= 0.3 is 5.97 Å². The van der Waals surface area contributed by atoms with Crippen molar-refractivity contribution in [3.63, 3.8) is 0 Å². The minimum absolute atomic E-state index is 0.204. The number of nitrogens with zero attached hydrogens (tertiary/aromatic N) is 2. The molecule has 36 heavy (non-hydrogen) atoms. The van der Waals surface area contributed by atoms with Gasteiger partial charge in [0.1, 0.15) is 5.75 Å². The van der Waals surface area contributed by atoms with Crippen LogP contribution in [0.1, 0.15) is 37.9 Å². The Balaban J connectivity index is 1.95. The molecule has 1 aliphatic heterocycles. The fraction of sp³-hybridized carbons (Fsp3) is 0.296. The Hall–Kier alpha value is -3.85. The number of carbonyl (C=O) groups is 1. The van der Waals surface area contributed by atoms with Gasteiger partial charge in [0.2, 0.25) is 0 Å². The molecule has 2 heterocycles. The van der Waals surface area contributed by atoms with E-state index in [0.717, 1.165) is 5.56 Å². The molecular formula is C27H28N2O6S. The number of thiazole rings is 1. The fourth-order valence-electron chi connectivity index (χ4n) is 4.12. The molecule has 3 aromatic rings. The van der Waals surface area contributed by atoms with Crippen LogP contribution in [0.15, 0.2) is 63.5 Å². The van der Waals surface area contributed by atoms with E-state index in [4.69, 9.17) is 18.9 Å². The lowest BCUT2D eigenvalue weighted by atomic mass is 9.95. The molecule has 0 saturated heterocycles. The van der Waals surface area contributed by atoms with E-state index in [1.54, 1.807) is 50.8 Å². The summed E-state index contributed by atoms with van der Waals surface area (Å²) in [5.74, 6) is 1.26. The van der Waals surface area contributed by atoms with Crippen molar-refractivity contribution in [1.29, 1.82) is 0 Å². The molecular weight excluding hydrogens is 480 g/mol. The van der Waals surface area contributed by atoms with Gasteiger partial charge in [-0.3, -0.25) is 9.36 Å². The number of fused-ring (bicyclic) bond motifs is 1. The van der Waals surface area contributed by atoms with E-state index in [-0.39, 0.29) is 12.2 Å². The maximum absolute atomic E-state index is 13.7. The lowest BCUT2D eigenvalue weighted by molar-refractivity contribution is -0.139. The van der Waals surface area contributed by atoms with Gasteiger partial charge in [-0.2, -0.15) is 0 Å². The van der Waals surface area contributed by atoms with Crippen molar-refractivity contribution in [2.45, 2.75) is 26.8 Å². The van der Waals surface area contributed by atoms with Crippen molar-refractivity contribution < 1.29 is 23.7 Å². The van der Waals surface area contributed by atoms with Crippen LogP contribution < -0.4 is 29.1 Å². The average Bonchev–Trinajstić information content (AvgIpc) is 3.17. The van der Waals surface area contributed by atoms with Crippen molar-refractivity contribution in [1.82, 2.24) is 4.57 Å². The molecule has 0 amide bonds. The lowest BCUT2D eigenvalue weighted by Crippen LogP contribution is -2.40. The molecule has 0 saturated carbocycles. The van der Waals surface area contributed by atoms with Crippen LogP contribution in [0.5, 0.6) is 17.2 Å². The van der Waals surface area contributed by atoms with Crippen molar-refractivity contribution in [2.24, 2.45) is 4.99 Å². The smallest absolute Gasteiger partial charge is 0.338 e. The lowest BCUT2D eigenvalue weighted by Gasteiger charge is -2.25. The van der Waals surface area contributed by atoms with E-state index in [9.17, 15) is 9.59 Å².